The van der Waals surface area contributed by atoms with Crippen molar-refractivity contribution < 1.29 is 13.3 Å². The monoisotopic (exact) mass is 226 g/mol. The smallest absolute Gasteiger partial charge is 0.373 e. The first-order valence-corrected chi connectivity index (χ1v) is 5.72. The van der Waals surface area contributed by atoms with Crippen LogP contribution in [0.2, 0.25) is 0 Å². The predicted molar refractivity (Wildman–Crippen MR) is 58.6 cm³/mol. The summed E-state index contributed by atoms with van der Waals surface area (Å²) < 4.78 is 16.0. The molecule has 14 heavy (non-hydrogen) atoms. The van der Waals surface area contributed by atoms with E-state index in [1.165, 1.54) is 0 Å². The largest absolute Gasteiger partial charge is 0.536 e. The third-order valence-electron chi connectivity index (χ3n) is 1.93. The lowest BCUT2D eigenvalue weighted by Gasteiger charge is -2.24. The van der Waals surface area contributed by atoms with Crippen molar-refractivity contribution in [1.82, 2.24) is 0 Å². The van der Waals surface area contributed by atoms with Crippen LogP contribution in [0.5, 0.6) is 0 Å². The van der Waals surface area contributed by atoms with Crippen LogP contribution in [0, 0.1) is 0 Å². The Hall–Kier alpha value is -0.466. The Morgan fingerprint density at radius 3 is 1.64 bits per heavy atom. The molecule has 1 rings (SSSR count). The second-order valence-corrected chi connectivity index (χ2v) is 5.45. The summed E-state index contributed by atoms with van der Waals surface area (Å²) in [5.41, 5.74) is 0. The van der Waals surface area contributed by atoms with Gasteiger partial charge in [0, 0.05) is 37.5 Å². The molecule has 0 aliphatic carbocycles. The fourth-order valence-electron chi connectivity index (χ4n) is 1.25. The maximum absolute atomic E-state index is 5.32. The number of hydrogen-bond acceptors (Lipinski definition) is 3. The van der Waals surface area contributed by atoms with Crippen molar-refractivity contribution in [3.8, 4) is 0 Å². The molecule has 0 spiro atoms. The molecule has 76 valence electrons. The fraction of sp³-hybridized carbons (Fsp3) is 0.333. The van der Waals surface area contributed by atoms with E-state index in [1.54, 1.807) is 21.3 Å². The van der Waals surface area contributed by atoms with E-state index < -0.39 is 8.80 Å². The maximum atomic E-state index is 5.32. The second-order valence-electron chi connectivity index (χ2n) is 2.53. The Morgan fingerprint density at radius 2 is 1.29 bits per heavy atom. The van der Waals surface area contributed by atoms with E-state index >= 15 is 0 Å². The highest BCUT2D eigenvalue weighted by molar-refractivity contribution is 6.75. The van der Waals surface area contributed by atoms with Crippen LogP contribution in [-0.2, 0) is 13.3 Å². The Bertz CT molecular complexity index is 241. The molecule has 0 heterocycles. The summed E-state index contributed by atoms with van der Waals surface area (Å²) in [6.07, 6.45) is 0. The molecular formula is C9H14O3Si2. The average molecular weight is 226 g/mol. The van der Waals surface area contributed by atoms with Crippen molar-refractivity contribution in [1.29, 1.82) is 0 Å². The van der Waals surface area contributed by atoms with Crippen LogP contribution in [0.4, 0.5) is 0 Å². The summed E-state index contributed by atoms with van der Waals surface area (Å²) in [6, 6.07) is 9.72. The molecule has 0 unspecified atom stereocenters. The van der Waals surface area contributed by atoms with Crippen molar-refractivity contribution in [3.63, 3.8) is 0 Å². The molecule has 0 amide bonds. The van der Waals surface area contributed by atoms with E-state index in [9.17, 15) is 0 Å². The summed E-state index contributed by atoms with van der Waals surface area (Å²) in [6.45, 7) is 0. The van der Waals surface area contributed by atoms with E-state index in [-0.39, 0.29) is 11.0 Å². The van der Waals surface area contributed by atoms with Crippen molar-refractivity contribution in [3.05, 3.63) is 30.3 Å². The van der Waals surface area contributed by atoms with E-state index in [0.29, 0.717) is 0 Å². The van der Waals surface area contributed by atoms with Gasteiger partial charge in [-0.25, -0.2) is 0 Å². The van der Waals surface area contributed by atoms with Gasteiger partial charge in [-0.05, 0) is 0 Å². The van der Waals surface area contributed by atoms with Crippen LogP contribution < -0.4 is 5.19 Å². The molecule has 0 saturated heterocycles. The van der Waals surface area contributed by atoms with E-state index in [4.69, 9.17) is 13.3 Å². The fourth-order valence-corrected chi connectivity index (χ4v) is 3.05. The summed E-state index contributed by atoms with van der Waals surface area (Å²) >= 11 is 0. The first-order valence-electron chi connectivity index (χ1n) is 4.00. The van der Waals surface area contributed by atoms with Gasteiger partial charge in [-0.3, -0.25) is 0 Å². The lowest BCUT2D eigenvalue weighted by Crippen LogP contribution is -2.54. The van der Waals surface area contributed by atoms with Gasteiger partial charge in [0.1, 0.15) is 0 Å². The van der Waals surface area contributed by atoms with E-state index in [0.717, 1.165) is 5.19 Å². The van der Waals surface area contributed by atoms with Crippen molar-refractivity contribution in [2.75, 3.05) is 21.3 Å². The molecule has 0 aliphatic heterocycles. The van der Waals surface area contributed by atoms with Crippen molar-refractivity contribution >= 4 is 25.0 Å². The van der Waals surface area contributed by atoms with E-state index in [1.807, 2.05) is 30.3 Å². The van der Waals surface area contributed by atoms with Crippen LogP contribution in [0.3, 0.4) is 0 Å². The number of hydrogen-bond donors (Lipinski definition) is 0. The van der Waals surface area contributed by atoms with Crippen LogP contribution >= 0.6 is 0 Å². The molecule has 0 aromatic heterocycles. The minimum absolute atomic E-state index is 0. The van der Waals surface area contributed by atoms with Crippen LogP contribution in [0.15, 0.2) is 30.3 Å². The van der Waals surface area contributed by atoms with Gasteiger partial charge in [-0.15, -0.1) is 0 Å². The molecule has 3 nitrogen and oxygen atoms in total. The van der Waals surface area contributed by atoms with Gasteiger partial charge in [0.05, 0.1) is 0 Å². The molecule has 0 fully saturated rings. The highest BCUT2D eigenvalue weighted by Crippen LogP contribution is 2.05. The Kier molecular flexibility index (Phi) is 5.90. The molecule has 0 saturated carbocycles. The highest BCUT2D eigenvalue weighted by Gasteiger charge is 2.40. The highest BCUT2D eigenvalue weighted by atomic mass is 28.4. The lowest BCUT2D eigenvalue weighted by atomic mass is 10.4. The zero-order chi connectivity index (χ0) is 9.73. The van der Waals surface area contributed by atoms with Crippen LogP contribution in [0.1, 0.15) is 0 Å². The first kappa shape index (κ1) is 13.5. The van der Waals surface area contributed by atoms with Gasteiger partial charge in [0.25, 0.3) is 0 Å². The standard InChI is InChI=1S/C9H14O3Si.Si/c1-10-13(11-2,12-3)9-7-5-4-6-8-9;/h4-8H,1-3H3;. The molecular weight excluding hydrogens is 212 g/mol. The molecule has 0 aliphatic rings. The zero-order valence-electron chi connectivity index (χ0n) is 8.61. The van der Waals surface area contributed by atoms with Gasteiger partial charge < -0.3 is 13.3 Å². The normalized spacial score (nSPS) is 10.8. The van der Waals surface area contributed by atoms with Gasteiger partial charge >= 0.3 is 8.80 Å². The average Bonchev–Trinajstić information content (AvgIpc) is 2.23. The predicted octanol–water partition coefficient (Wildman–Crippen LogP) is 0.391. The molecule has 1 aromatic carbocycles. The number of rotatable bonds is 4. The molecule has 0 bridgehead atoms. The van der Waals surface area contributed by atoms with Crippen molar-refractivity contribution in [2.24, 2.45) is 0 Å². The minimum atomic E-state index is -2.59. The molecule has 5 heteroatoms. The minimum Gasteiger partial charge on any atom is -0.373 e. The Morgan fingerprint density at radius 1 is 0.857 bits per heavy atom. The Balaban J connectivity index is 0.00000169. The van der Waals surface area contributed by atoms with Gasteiger partial charge in [0.15, 0.2) is 0 Å². The Labute approximate surface area is 90.4 Å². The summed E-state index contributed by atoms with van der Waals surface area (Å²) in [4.78, 5) is 0. The summed E-state index contributed by atoms with van der Waals surface area (Å²) in [7, 11) is 2.22. The summed E-state index contributed by atoms with van der Waals surface area (Å²) in [5, 5.41) is 0.975. The molecule has 1 aromatic rings. The van der Waals surface area contributed by atoms with Crippen molar-refractivity contribution in [2.45, 2.75) is 0 Å². The quantitative estimate of drug-likeness (QED) is 0.695. The first-order chi connectivity index (χ1) is 6.29. The van der Waals surface area contributed by atoms with E-state index in [2.05, 4.69) is 0 Å². The topological polar surface area (TPSA) is 27.7 Å². The zero-order valence-corrected chi connectivity index (χ0v) is 10.6. The number of benzene rings is 1. The lowest BCUT2D eigenvalue weighted by molar-refractivity contribution is 0.140. The molecule has 4 radical (unpaired) electrons. The SMILES string of the molecule is CO[Si](OC)(OC)c1ccccc1.[Si]. The van der Waals surface area contributed by atoms with Crippen LogP contribution in [-0.4, -0.2) is 41.1 Å². The summed E-state index contributed by atoms with van der Waals surface area (Å²) in [5.74, 6) is 0. The van der Waals surface area contributed by atoms with Crippen LogP contribution in [0.25, 0.3) is 0 Å². The third-order valence-corrected chi connectivity index (χ3v) is 4.59. The second kappa shape index (κ2) is 6.10. The third kappa shape index (κ3) is 2.52. The van der Waals surface area contributed by atoms with Gasteiger partial charge in [0.2, 0.25) is 0 Å². The van der Waals surface area contributed by atoms with Gasteiger partial charge in [-0.1, -0.05) is 30.3 Å². The molecule has 0 atom stereocenters. The van der Waals surface area contributed by atoms with Gasteiger partial charge in [-0.2, -0.15) is 0 Å². The molecule has 0 N–H and O–H groups in total. The maximum Gasteiger partial charge on any atom is 0.536 e.